The van der Waals surface area contributed by atoms with Gasteiger partial charge in [-0.1, -0.05) is 12.1 Å². The van der Waals surface area contributed by atoms with Crippen LogP contribution in [-0.2, 0) is 4.74 Å². The summed E-state index contributed by atoms with van der Waals surface area (Å²) in [5.41, 5.74) is 6.64. The standard InChI is InChI=1S/C14H21NO3/c1-17-12-4-2-3-10(7-12)14(16)9-18-13-6-5-11(15)8-13/h2-4,7,11,13-14,16H,5-6,8-9,15H2,1H3. The van der Waals surface area contributed by atoms with Crippen molar-refractivity contribution in [1.82, 2.24) is 0 Å². The highest BCUT2D eigenvalue weighted by molar-refractivity contribution is 5.29. The number of aliphatic hydroxyl groups excluding tert-OH is 1. The SMILES string of the molecule is COc1cccc(C(O)COC2CCC(N)C2)c1. The first-order valence-corrected chi connectivity index (χ1v) is 6.38. The van der Waals surface area contributed by atoms with E-state index in [-0.39, 0.29) is 12.1 Å². The van der Waals surface area contributed by atoms with Gasteiger partial charge in [-0.3, -0.25) is 0 Å². The highest BCUT2D eigenvalue weighted by Crippen LogP contribution is 2.23. The fourth-order valence-electron chi connectivity index (χ4n) is 2.30. The van der Waals surface area contributed by atoms with Gasteiger partial charge in [0.2, 0.25) is 0 Å². The molecule has 0 heterocycles. The van der Waals surface area contributed by atoms with E-state index in [2.05, 4.69) is 0 Å². The van der Waals surface area contributed by atoms with E-state index < -0.39 is 6.10 Å². The van der Waals surface area contributed by atoms with Crippen LogP contribution in [0.3, 0.4) is 0 Å². The maximum absolute atomic E-state index is 10.1. The van der Waals surface area contributed by atoms with Crippen LogP contribution in [0.2, 0.25) is 0 Å². The third-order valence-corrected chi connectivity index (χ3v) is 3.39. The van der Waals surface area contributed by atoms with Gasteiger partial charge in [-0.2, -0.15) is 0 Å². The van der Waals surface area contributed by atoms with Gasteiger partial charge in [0.05, 0.1) is 19.8 Å². The number of rotatable bonds is 5. The molecule has 0 saturated heterocycles. The Balaban J connectivity index is 1.85. The molecule has 3 unspecified atom stereocenters. The van der Waals surface area contributed by atoms with Crippen molar-refractivity contribution in [3.05, 3.63) is 29.8 Å². The minimum Gasteiger partial charge on any atom is -0.497 e. The summed E-state index contributed by atoms with van der Waals surface area (Å²) in [7, 11) is 1.61. The predicted octanol–water partition coefficient (Wildman–Crippen LogP) is 1.62. The monoisotopic (exact) mass is 251 g/mol. The Hall–Kier alpha value is -1.10. The van der Waals surface area contributed by atoms with Crippen LogP contribution < -0.4 is 10.5 Å². The first-order valence-electron chi connectivity index (χ1n) is 6.38. The highest BCUT2D eigenvalue weighted by Gasteiger charge is 2.23. The predicted molar refractivity (Wildman–Crippen MR) is 69.5 cm³/mol. The van der Waals surface area contributed by atoms with Crippen molar-refractivity contribution >= 4 is 0 Å². The molecule has 0 spiro atoms. The lowest BCUT2D eigenvalue weighted by Gasteiger charge is -2.16. The van der Waals surface area contributed by atoms with Gasteiger partial charge in [0, 0.05) is 6.04 Å². The molecule has 0 amide bonds. The van der Waals surface area contributed by atoms with Crippen molar-refractivity contribution in [3.8, 4) is 5.75 Å². The van der Waals surface area contributed by atoms with E-state index in [1.165, 1.54) is 0 Å². The molecule has 4 heteroatoms. The number of ether oxygens (including phenoxy) is 2. The Morgan fingerprint density at radius 3 is 2.94 bits per heavy atom. The minimum absolute atomic E-state index is 0.195. The van der Waals surface area contributed by atoms with Crippen LogP contribution in [0.15, 0.2) is 24.3 Å². The first kappa shape index (κ1) is 13.3. The summed E-state index contributed by atoms with van der Waals surface area (Å²) in [6.45, 7) is 0.310. The van der Waals surface area contributed by atoms with Crippen LogP contribution in [0.25, 0.3) is 0 Å². The molecule has 1 saturated carbocycles. The van der Waals surface area contributed by atoms with Gasteiger partial charge < -0.3 is 20.3 Å². The van der Waals surface area contributed by atoms with E-state index in [4.69, 9.17) is 15.2 Å². The minimum atomic E-state index is -0.614. The fraction of sp³-hybridized carbons (Fsp3) is 0.571. The fourth-order valence-corrected chi connectivity index (χ4v) is 2.30. The van der Waals surface area contributed by atoms with Crippen molar-refractivity contribution in [2.75, 3.05) is 13.7 Å². The Morgan fingerprint density at radius 1 is 1.44 bits per heavy atom. The second-order valence-corrected chi connectivity index (χ2v) is 4.82. The number of hydrogen-bond acceptors (Lipinski definition) is 4. The van der Waals surface area contributed by atoms with E-state index in [9.17, 15) is 5.11 Å². The second-order valence-electron chi connectivity index (χ2n) is 4.82. The number of methoxy groups -OCH3 is 1. The highest BCUT2D eigenvalue weighted by atomic mass is 16.5. The summed E-state index contributed by atoms with van der Waals surface area (Å²) in [5, 5.41) is 10.1. The zero-order valence-electron chi connectivity index (χ0n) is 10.7. The second kappa shape index (κ2) is 6.18. The van der Waals surface area contributed by atoms with E-state index in [0.717, 1.165) is 30.6 Å². The van der Waals surface area contributed by atoms with Crippen LogP contribution in [-0.4, -0.2) is 31.0 Å². The Morgan fingerprint density at radius 2 is 2.28 bits per heavy atom. The van der Waals surface area contributed by atoms with Gasteiger partial charge in [-0.15, -0.1) is 0 Å². The summed E-state index contributed by atoms with van der Waals surface area (Å²) in [5.74, 6) is 0.745. The quantitative estimate of drug-likeness (QED) is 0.834. The topological polar surface area (TPSA) is 64.7 Å². The molecule has 0 bridgehead atoms. The van der Waals surface area contributed by atoms with Gasteiger partial charge in [-0.05, 0) is 37.0 Å². The summed E-state index contributed by atoms with van der Waals surface area (Å²) < 4.78 is 10.8. The van der Waals surface area contributed by atoms with Crippen LogP contribution in [0.1, 0.15) is 30.9 Å². The van der Waals surface area contributed by atoms with Gasteiger partial charge in [-0.25, -0.2) is 0 Å². The smallest absolute Gasteiger partial charge is 0.119 e. The van der Waals surface area contributed by atoms with Crippen LogP contribution in [0.4, 0.5) is 0 Å². The Bertz CT molecular complexity index is 383. The average molecular weight is 251 g/mol. The number of nitrogens with two attached hydrogens (primary N) is 1. The molecular formula is C14H21NO3. The molecule has 1 aromatic carbocycles. The first-order chi connectivity index (χ1) is 8.69. The molecule has 1 fully saturated rings. The molecular weight excluding hydrogens is 230 g/mol. The third-order valence-electron chi connectivity index (χ3n) is 3.39. The molecule has 1 aliphatic rings. The van der Waals surface area contributed by atoms with Gasteiger partial charge in [0.15, 0.2) is 0 Å². The van der Waals surface area contributed by atoms with Gasteiger partial charge in [0.25, 0.3) is 0 Å². The molecule has 0 aliphatic heterocycles. The molecule has 1 aliphatic carbocycles. The Kier molecular flexibility index (Phi) is 4.58. The number of aliphatic hydroxyl groups is 1. The normalized spacial score (nSPS) is 25.1. The van der Waals surface area contributed by atoms with Crippen LogP contribution in [0, 0.1) is 0 Å². The van der Waals surface area contributed by atoms with E-state index in [1.54, 1.807) is 7.11 Å². The maximum Gasteiger partial charge on any atom is 0.119 e. The Labute approximate surface area is 108 Å². The number of hydrogen-bond donors (Lipinski definition) is 2. The molecule has 0 radical (unpaired) electrons. The molecule has 2 rings (SSSR count). The third kappa shape index (κ3) is 3.45. The summed E-state index contributed by atoms with van der Waals surface area (Å²) >= 11 is 0. The lowest BCUT2D eigenvalue weighted by Crippen LogP contribution is -2.19. The lowest BCUT2D eigenvalue weighted by atomic mass is 10.1. The number of benzene rings is 1. The molecule has 18 heavy (non-hydrogen) atoms. The van der Waals surface area contributed by atoms with Crippen LogP contribution >= 0.6 is 0 Å². The van der Waals surface area contributed by atoms with Gasteiger partial charge in [0.1, 0.15) is 11.9 Å². The molecule has 4 nitrogen and oxygen atoms in total. The molecule has 100 valence electrons. The van der Waals surface area contributed by atoms with Crippen molar-refractivity contribution in [2.45, 2.75) is 37.5 Å². The summed E-state index contributed by atoms with van der Waals surface area (Å²) in [6.07, 6.45) is 2.48. The van der Waals surface area contributed by atoms with Crippen LogP contribution in [0.5, 0.6) is 5.75 Å². The van der Waals surface area contributed by atoms with E-state index in [1.807, 2.05) is 24.3 Å². The van der Waals surface area contributed by atoms with E-state index >= 15 is 0 Å². The summed E-state index contributed by atoms with van der Waals surface area (Å²) in [6, 6.07) is 7.67. The van der Waals surface area contributed by atoms with Crippen molar-refractivity contribution in [3.63, 3.8) is 0 Å². The van der Waals surface area contributed by atoms with E-state index in [0.29, 0.717) is 6.61 Å². The molecule has 1 aromatic rings. The van der Waals surface area contributed by atoms with Crippen molar-refractivity contribution < 1.29 is 14.6 Å². The molecule has 0 aromatic heterocycles. The van der Waals surface area contributed by atoms with Crippen molar-refractivity contribution in [2.24, 2.45) is 5.73 Å². The average Bonchev–Trinajstić information content (AvgIpc) is 2.82. The zero-order valence-corrected chi connectivity index (χ0v) is 10.7. The van der Waals surface area contributed by atoms with Gasteiger partial charge >= 0.3 is 0 Å². The summed E-state index contributed by atoms with van der Waals surface area (Å²) in [4.78, 5) is 0. The molecule has 3 atom stereocenters. The lowest BCUT2D eigenvalue weighted by molar-refractivity contribution is -0.00752. The zero-order chi connectivity index (χ0) is 13.0. The largest absolute Gasteiger partial charge is 0.497 e. The van der Waals surface area contributed by atoms with Crippen molar-refractivity contribution in [1.29, 1.82) is 0 Å². The maximum atomic E-state index is 10.1. The molecule has 3 N–H and O–H groups in total.